The Kier molecular flexibility index (Phi) is 2.88. The van der Waals surface area contributed by atoms with Gasteiger partial charge in [0.15, 0.2) is 0 Å². The summed E-state index contributed by atoms with van der Waals surface area (Å²) in [4.78, 5) is 4.18. The van der Waals surface area contributed by atoms with Crippen LogP contribution in [0.25, 0.3) is 11.0 Å². The Morgan fingerprint density at radius 1 is 1.53 bits per heavy atom. The van der Waals surface area contributed by atoms with Crippen molar-refractivity contribution in [2.45, 2.75) is 13.0 Å². The molecule has 0 fully saturated rings. The number of fused-ring (bicyclic) bond motifs is 1. The third kappa shape index (κ3) is 1.96. The highest BCUT2D eigenvalue weighted by atomic mass is 35.5. The maximum Gasteiger partial charge on any atom is 0.129 e. The highest BCUT2D eigenvalue weighted by Gasteiger charge is 2.10. The van der Waals surface area contributed by atoms with Gasteiger partial charge >= 0.3 is 0 Å². The molecule has 2 rings (SSSR count). The van der Waals surface area contributed by atoms with Crippen LogP contribution in [0.2, 0.25) is 5.15 Å². The zero-order chi connectivity index (χ0) is 10.8. The Morgan fingerprint density at radius 3 is 3.07 bits per heavy atom. The summed E-state index contributed by atoms with van der Waals surface area (Å²) in [5.74, 6) is 0. The van der Waals surface area contributed by atoms with Crippen LogP contribution in [-0.2, 0) is 4.74 Å². The average molecular weight is 226 g/mol. The second-order valence-corrected chi connectivity index (χ2v) is 3.82. The number of halogens is 1. The minimum Gasteiger partial charge on any atom is -0.382 e. The van der Waals surface area contributed by atoms with Crippen LogP contribution in [-0.4, -0.2) is 28.5 Å². The lowest BCUT2D eigenvalue weighted by atomic mass is 10.3. The summed E-state index contributed by atoms with van der Waals surface area (Å²) >= 11 is 5.80. The molecule has 0 aliphatic carbocycles. The van der Waals surface area contributed by atoms with Crippen LogP contribution in [0.3, 0.4) is 0 Å². The molecule has 80 valence electrons. The Hall–Kier alpha value is -1.13. The van der Waals surface area contributed by atoms with Gasteiger partial charge in [0.05, 0.1) is 24.4 Å². The molecule has 0 radical (unpaired) electrons. The molecule has 0 N–H and O–H groups in total. The Balaban J connectivity index is 2.44. The predicted molar refractivity (Wildman–Crippen MR) is 59.1 cm³/mol. The van der Waals surface area contributed by atoms with Crippen LogP contribution < -0.4 is 0 Å². The first-order chi connectivity index (χ1) is 7.22. The van der Waals surface area contributed by atoms with Gasteiger partial charge in [-0.3, -0.25) is 4.68 Å². The molecule has 15 heavy (non-hydrogen) atoms. The molecule has 1 unspecified atom stereocenters. The van der Waals surface area contributed by atoms with E-state index in [1.54, 1.807) is 19.4 Å². The fourth-order valence-electron chi connectivity index (χ4n) is 1.57. The quantitative estimate of drug-likeness (QED) is 0.753. The summed E-state index contributed by atoms with van der Waals surface area (Å²) in [6, 6.07) is 3.88. The second-order valence-electron chi connectivity index (χ2n) is 3.43. The van der Waals surface area contributed by atoms with E-state index in [0.717, 1.165) is 11.0 Å². The first-order valence-electron chi connectivity index (χ1n) is 4.71. The van der Waals surface area contributed by atoms with Crippen molar-refractivity contribution in [3.05, 3.63) is 23.5 Å². The Labute approximate surface area is 92.8 Å². The van der Waals surface area contributed by atoms with Gasteiger partial charge in [-0.15, -0.1) is 0 Å². The molecule has 2 aromatic rings. The average Bonchev–Trinajstić information content (AvgIpc) is 2.60. The molecule has 2 heterocycles. The van der Waals surface area contributed by atoms with Crippen molar-refractivity contribution >= 4 is 22.6 Å². The minimum atomic E-state index is 0.190. The normalized spacial score (nSPS) is 13.3. The van der Waals surface area contributed by atoms with Gasteiger partial charge in [-0.05, 0) is 19.1 Å². The zero-order valence-electron chi connectivity index (χ0n) is 8.64. The number of nitrogens with zero attached hydrogens (tertiary/aromatic N) is 3. The van der Waals surface area contributed by atoms with E-state index in [-0.39, 0.29) is 6.04 Å². The van der Waals surface area contributed by atoms with E-state index < -0.39 is 0 Å². The topological polar surface area (TPSA) is 39.9 Å². The van der Waals surface area contributed by atoms with Crippen molar-refractivity contribution < 1.29 is 4.74 Å². The molecule has 2 aromatic heterocycles. The number of ether oxygens (including phenoxy) is 1. The highest BCUT2D eigenvalue weighted by molar-refractivity contribution is 6.29. The number of methoxy groups -OCH3 is 1. The predicted octanol–water partition coefficient (Wildman–Crippen LogP) is 2.29. The fraction of sp³-hybridized carbons (Fsp3) is 0.400. The second kappa shape index (κ2) is 4.16. The lowest BCUT2D eigenvalue weighted by molar-refractivity contribution is 0.159. The number of pyridine rings is 1. The van der Waals surface area contributed by atoms with Crippen molar-refractivity contribution in [2.24, 2.45) is 0 Å². The molecule has 0 saturated carbocycles. The maximum absolute atomic E-state index is 5.80. The monoisotopic (exact) mass is 225 g/mol. The zero-order valence-corrected chi connectivity index (χ0v) is 9.40. The van der Waals surface area contributed by atoms with Crippen molar-refractivity contribution in [1.29, 1.82) is 0 Å². The number of hydrogen-bond donors (Lipinski definition) is 0. The van der Waals surface area contributed by atoms with Gasteiger partial charge in [-0.2, -0.15) is 5.10 Å². The molecule has 0 spiro atoms. The maximum atomic E-state index is 5.80. The summed E-state index contributed by atoms with van der Waals surface area (Å²) in [5, 5.41) is 4.76. The van der Waals surface area contributed by atoms with E-state index >= 15 is 0 Å². The lowest BCUT2D eigenvalue weighted by Gasteiger charge is -2.11. The molecule has 0 saturated heterocycles. The molecular weight excluding hydrogens is 214 g/mol. The van der Waals surface area contributed by atoms with Gasteiger partial charge in [-0.1, -0.05) is 11.6 Å². The van der Waals surface area contributed by atoms with E-state index in [2.05, 4.69) is 10.1 Å². The fourth-order valence-corrected chi connectivity index (χ4v) is 1.73. The SMILES string of the molecule is COCC(C)n1ncc2nc(Cl)ccc21. The van der Waals surface area contributed by atoms with E-state index in [9.17, 15) is 0 Å². The molecule has 1 atom stereocenters. The van der Waals surface area contributed by atoms with Crippen LogP contribution in [0, 0.1) is 0 Å². The molecule has 0 amide bonds. The van der Waals surface area contributed by atoms with Crippen LogP contribution >= 0.6 is 11.6 Å². The molecule has 0 aliphatic rings. The van der Waals surface area contributed by atoms with Crippen LogP contribution in [0.15, 0.2) is 18.3 Å². The van der Waals surface area contributed by atoms with Crippen molar-refractivity contribution in [3.63, 3.8) is 0 Å². The summed E-state index contributed by atoms with van der Waals surface area (Å²) < 4.78 is 6.98. The third-order valence-electron chi connectivity index (χ3n) is 2.25. The smallest absolute Gasteiger partial charge is 0.129 e. The van der Waals surface area contributed by atoms with E-state index in [4.69, 9.17) is 16.3 Å². The van der Waals surface area contributed by atoms with Gasteiger partial charge in [-0.25, -0.2) is 4.98 Å². The lowest BCUT2D eigenvalue weighted by Crippen LogP contribution is -2.12. The highest BCUT2D eigenvalue weighted by Crippen LogP contribution is 2.18. The Morgan fingerprint density at radius 2 is 2.33 bits per heavy atom. The number of rotatable bonds is 3. The summed E-state index contributed by atoms with van der Waals surface area (Å²) in [7, 11) is 1.68. The van der Waals surface area contributed by atoms with Crippen molar-refractivity contribution in [1.82, 2.24) is 14.8 Å². The van der Waals surface area contributed by atoms with E-state index in [1.165, 1.54) is 0 Å². The minimum absolute atomic E-state index is 0.190. The summed E-state index contributed by atoms with van der Waals surface area (Å²) in [6.45, 7) is 2.67. The van der Waals surface area contributed by atoms with Gasteiger partial charge in [0.2, 0.25) is 0 Å². The van der Waals surface area contributed by atoms with Crippen LogP contribution in [0.5, 0.6) is 0 Å². The molecule has 4 nitrogen and oxygen atoms in total. The Bertz CT molecular complexity index is 469. The number of aromatic nitrogens is 3. The first-order valence-corrected chi connectivity index (χ1v) is 5.09. The van der Waals surface area contributed by atoms with Crippen molar-refractivity contribution in [3.8, 4) is 0 Å². The van der Waals surface area contributed by atoms with Gasteiger partial charge in [0.1, 0.15) is 10.7 Å². The summed E-state index contributed by atoms with van der Waals surface area (Å²) in [6.07, 6.45) is 1.72. The third-order valence-corrected chi connectivity index (χ3v) is 2.46. The van der Waals surface area contributed by atoms with Gasteiger partial charge < -0.3 is 4.74 Å². The van der Waals surface area contributed by atoms with E-state index in [1.807, 2.05) is 17.7 Å². The summed E-state index contributed by atoms with van der Waals surface area (Å²) in [5.41, 5.74) is 1.79. The molecule has 0 aliphatic heterocycles. The molecule has 5 heteroatoms. The van der Waals surface area contributed by atoms with E-state index in [0.29, 0.717) is 11.8 Å². The van der Waals surface area contributed by atoms with Gasteiger partial charge in [0, 0.05) is 7.11 Å². The first kappa shape index (κ1) is 10.4. The van der Waals surface area contributed by atoms with Gasteiger partial charge in [0.25, 0.3) is 0 Å². The van der Waals surface area contributed by atoms with Crippen molar-refractivity contribution in [2.75, 3.05) is 13.7 Å². The molecule has 0 aromatic carbocycles. The molecule has 0 bridgehead atoms. The largest absolute Gasteiger partial charge is 0.382 e. The molecular formula is C10H12ClN3O. The number of hydrogen-bond acceptors (Lipinski definition) is 3. The van der Waals surface area contributed by atoms with Crippen LogP contribution in [0.4, 0.5) is 0 Å². The standard InChI is InChI=1S/C10H12ClN3O/c1-7(6-15-2)14-9-3-4-10(11)13-8(9)5-12-14/h3-5,7H,6H2,1-2H3. The van der Waals surface area contributed by atoms with Crippen LogP contribution in [0.1, 0.15) is 13.0 Å².